The van der Waals surface area contributed by atoms with Crippen LogP contribution in [0, 0.1) is 11.5 Å². The van der Waals surface area contributed by atoms with Crippen LogP contribution >= 0.6 is 0 Å². The van der Waals surface area contributed by atoms with Gasteiger partial charge in [0.15, 0.2) is 6.19 Å². The van der Waals surface area contributed by atoms with Gasteiger partial charge in [-0.3, -0.25) is 9.88 Å². The van der Waals surface area contributed by atoms with Gasteiger partial charge in [0, 0.05) is 18.3 Å². The van der Waals surface area contributed by atoms with Crippen molar-refractivity contribution < 1.29 is 0 Å². The zero-order valence-corrected chi connectivity index (χ0v) is 9.30. The van der Waals surface area contributed by atoms with Gasteiger partial charge in [-0.15, -0.1) is 0 Å². The minimum Gasteiger partial charge on any atom is -0.279 e. The Labute approximate surface area is 99.9 Å². The highest BCUT2D eigenvalue weighted by Crippen LogP contribution is 2.34. The zero-order chi connectivity index (χ0) is 11.7. The van der Waals surface area contributed by atoms with Crippen molar-refractivity contribution in [3.8, 4) is 17.5 Å². The van der Waals surface area contributed by atoms with E-state index in [2.05, 4.69) is 17.2 Å². The summed E-state index contributed by atoms with van der Waals surface area (Å²) in [6, 6.07) is 12.0. The minimum absolute atomic E-state index is 0.773. The molecule has 0 saturated heterocycles. The molecule has 0 unspecified atom stereocenters. The molecule has 0 fully saturated rings. The second kappa shape index (κ2) is 3.91. The summed E-state index contributed by atoms with van der Waals surface area (Å²) in [5, 5.41) is 9.03. The topological polar surface area (TPSA) is 39.9 Å². The van der Waals surface area contributed by atoms with E-state index in [9.17, 15) is 0 Å². The molecule has 0 atom stereocenters. The lowest BCUT2D eigenvalue weighted by Crippen LogP contribution is -2.11. The van der Waals surface area contributed by atoms with E-state index in [1.807, 2.05) is 30.3 Å². The summed E-state index contributed by atoms with van der Waals surface area (Å²) in [5.74, 6) is 0. The number of aromatic nitrogens is 1. The van der Waals surface area contributed by atoms with Crippen LogP contribution in [0.5, 0.6) is 0 Å². The number of pyridine rings is 1. The third kappa shape index (κ3) is 1.55. The van der Waals surface area contributed by atoms with Crippen LogP contribution in [0.25, 0.3) is 11.3 Å². The normalized spacial score (nSPS) is 13.2. The predicted molar refractivity (Wildman–Crippen MR) is 66.3 cm³/mol. The fraction of sp³-hybridized carbons (Fsp3) is 0.143. The molecule has 3 heteroatoms. The molecule has 0 saturated carbocycles. The van der Waals surface area contributed by atoms with Crippen molar-refractivity contribution in [1.82, 2.24) is 4.98 Å². The van der Waals surface area contributed by atoms with Crippen molar-refractivity contribution in [2.75, 3.05) is 11.4 Å². The van der Waals surface area contributed by atoms with Gasteiger partial charge in [-0.2, -0.15) is 5.26 Å². The molecule has 1 aromatic carbocycles. The zero-order valence-electron chi connectivity index (χ0n) is 9.30. The summed E-state index contributed by atoms with van der Waals surface area (Å²) in [4.78, 5) is 6.11. The predicted octanol–water partition coefficient (Wildman–Crippen LogP) is 2.59. The molecule has 3 rings (SSSR count). The van der Waals surface area contributed by atoms with Crippen molar-refractivity contribution in [3.05, 3.63) is 48.2 Å². The number of benzene rings is 1. The molecule has 1 aliphatic rings. The Bertz CT molecular complexity index is 584. The lowest BCUT2D eigenvalue weighted by atomic mass is 10.0. The molecule has 0 aliphatic carbocycles. The molecule has 1 aliphatic heterocycles. The van der Waals surface area contributed by atoms with Crippen molar-refractivity contribution in [1.29, 1.82) is 5.26 Å². The second-order valence-corrected chi connectivity index (χ2v) is 4.02. The van der Waals surface area contributed by atoms with Gasteiger partial charge in [0.05, 0.1) is 11.4 Å². The van der Waals surface area contributed by atoms with Crippen LogP contribution < -0.4 is 4.90 Å². The van der Waals surface area contributed by atoms with Gasteiger partial charge < -0.3 is 0 Å². The van der Waals surface area contributed by atoms with Crippen LogP contribution in [0.2, 0.25) is 0 Å². The number of anilines is 1. The van der Waals surface area contributed by atoms with E-state index < -0.39 is 0 Å². The lowest BCUT2D eigenvalue weighted by Gasteiger charge is -2.10. The molecule has 17 heavy (non-hydrogen) atoms. The number of nitrogens with zero attached hydrogens (tertiary/aromatic N) is 3. The fourth-order valence-electron chi connectivity index (χ4n) is 2.30. The first-order valence-electron chi connectivity index (χ1n) is 5.61. The van der Waals surface area contributed by atoms with Crippen molar-refractivity contribution in [3.63, 3.8) is 0 Å². The van der Waals surface area contributed by atoms with Crippen LogP contribution in [0.4, 0.5) is 5.69 Å². The van der Waals surface area contributed by atoms with Crippen LogP contribution in [0.3, 0.4) is 0 Å². The summed E-state index contributed by atoms with van der Waals surface area (Å²) in [6.45, 7) is 0.773. The Kier molecular flexibility index (Phi) is 2.27. The maximum Gasteiger partial charge on any atom is 0.184 e. The number of nitriles is 1. The summed E-state index contributed by atoms with van der Waals surface area (Å²) < 4.78 is 0. The Balaban J connectivity index is 2.16. The highest BCUT2D eigenvalue weighted by molar-refractivity contribution is 5.75. The number of hydrogen-bond acceptors (Lipinski definition) is 3. The monoisotopic (exact) mass is 221 g/mol. The van der Waals surface area contributed by atoms with E-state index in [1.54, 1.807) is 11.1 Å². The molecular formula is C14H11N3. The average Bonchev–Trinajstić information content (AvgIpc) is 2.82. The summed E-state index contributed by atoms with van der Waals surface area (Å²) in [6.07, 6.45) is 4.92. The van der Waals surface area contributed by atoms with E-state index in [1.165, 1.54) is 5.56 Å². The van der Waals surface area contributed by atoms with Crippen LogP contribution in [0.15, 0.2) is 42.6 Å². The number of rotatable bonds is 1. The van der Waals surface area contributed by atoms with E-state index in [0.717, 1.165) is 29.9 Å². The Morgan fingerprint density at radius 1 is 1.18 bits per heavy atom. The van der Waals surface area contributed by atoms with Crippen LogP contribution in [0.1, 0.15) is 5.56 Å². The lowest BCUT2D eigenvalue weighted by molar-refractivity contribution is 1.000. The fourth-order valence-corrected chi connectivity index (χ4v) is 2.30. The Morgan fingerprint density at radius 2 is 2.12 bits per heavy atom. The SMILES string of the molecule is N#CN1CCc2c(-c3ccccn3)cccc21. The van der Waals surface area contributed by atoms with E-state index in [4.69, 9.17) is 5.26 Å². The molecule has 3 nitrogen and oxygen atoms in total. The molecule has 82 valence electrons. The number of fused-ring (bicyclic) bond motifs is 1. The molecule has 0 spiro atoms. The quantitative estimate of drug-likeness (QED) is 0.695. The van der Waals surface area contributed by atoms with Crippen LogP contribution in [-0.2, 0) is 6.42 Å². The molecule has 0 amide bonds. The van der Waals surface area contributed by atoms with E-state index in [0.29, 0.717) is 0 Å². The maximum absolute atomic E-state index is 9.03. The van der Waals surface area contributed by atoms with E-state index in [-0.39, 0.29) is 0 Å². The third-order valence-electron chi connectivity index (χ3n) is 3.09. The molecule has 2 heterocycles. The molecular weight excluding hydrogens is 210 g/mol. The number of hydrogen-bond donors (Lipinski definition) is 0. The first-order chi connectivity index (χ1) is 8.40. The van der Waals surface area contributed by atoms with Crippen molar-refractivity contribution in [2.24, 2.45) is 0 Å². The van der Waals surface area contributed by atoms with Crippen molar-refractivity contribution >= 4 is 5.69 Å². The summed E-state index contributed by atoms with van der Waals surface area (Å²) in [7, 11) is 0. The summed E-state index contributed by atoms with van der Waals surface area (Å²) >= 11 is 0. The second-order valence-electron chi connectivity index (χ2n) is 4.02. The van der Waals surface area contributed by atoms with E-state index >= 15 is 0 Å². The first kappa shape index (κ1) is 9.86. The minimum atomic E-state index is 0.773. The van der Waals surface area contributed by atoms with Gasteiger partial charge >= 0.3 is 0 Å². The summed E-state index contributed by atoms with van der Waals surface area (Å²) in [5.41, 5.74) is 4.37. The third-order valence-corrected chi connectivity index (χ3v) is 3.09. The van der Waals surface area contributed by atoms with Gasteiger partial charge in [0.2, 0.25) is 0 Å². The molecule has 0 bridgehead atoms. The standard InChI is InChI=1S/C14H11N3/c15-10-17-9-7-12-11(4-3-6-14(12)17)13-5-1-2-8-16-13/h1-6,8H,7,9H2. The largest absolute Gasteiger partial charge is 0.279 e. The molecule has 2 aromatic rings. The highest BCUT2D eigenvalue weighted by Gasteiger charge is 2.21. The highest BCUT2D eigenvalue weighted by atomic mass is 15.1. The van der Waals surface area contributed by atoms with Crippen molar-refractivity contribution in [2.45, 2.75) is 6.42 Å². The Morgan fingerprint density at radius 3 is 2.88 bits per heavy atom. The van der Waals surface area contributed by atoms with Crippen LogP contribution in [-0.4, -0.2) is 11.5 Å². The maximum atomic E-state index is 9.03. The van der Waals surface area contributed by atoms with Gasteiger partial charge in [-0.05, 0) is 30.2 Å². The smallest absolute Gasteiger partial charge is 0.184 e. The average molecular weight is 221 g/mol. The Hall–Kier alpha value is -2.34. The molecule has 0 radical (unpaired) electrons. The first-order valence-corrected chi connectivity index (χ1v) is 5.61. The van der Waals surface area contributed by atoms with Gasteiger partial charge in [-0.1, -0.05) is 18.2 Å². The van der Waals surface area contributed by atoms with Gasteiger partial charge in [0.25, 0.3) is 0 Å². The molecule has 0 N–H and O–H groups in total. The molecule has 1 aromatic heterocycles. The van der Waals surface area contributed by atoms with Gasteiger partial charge in [0.1, 0.15) is 0 Å². The van der Waals surface area contributed by atoms with Gasteiger partial charge in [-0.25, -0.2) is 0 Å².